The molecule has 0 aliphatic carbocycles. The summed E-state index contributed by atoms with van der Waals surface area (Å²) < 4.78 is 0.649. The van der Waals surface area contributed by atoms with Crippen LogP contribution in [0.2, 0.25) is 0 Å². The van der Waals surface area contributed by atoms with Crippen LogP contribution >= 0.6 is 22.6 Å². The maximum absolute atomic E-state index is 10.5. The summed E-state index contributed by atoms with van der Waals surface area (Å²) in [6.45, 7) is -0.145. The Hall–Kier alpha value is -1.38. The van der Waals surface area contributed by atoms with E-state index < -0.39 is 10.9 Å². The third kappa shape index (κ3) is 3.05. The van der Waals surface area contributed by atoms with Crippen LogP contribution in [0.5, 0.6) is 0 Å². The quantitative estimate of drug-likeness (QED) is 0.514. The first kappa shape index (κ1) is 12.7. The van der Waals surface area contributed by atoms with Gasteiger partial charge in [0, 0.05) is 22.8 Å². The molecular weight excluding hydrogens is 327 g/mol. The minimum Gasteiger partial charge on any atom is -0.480 e. The summed E-state index contributed by atoms with van der Waals surface area (Å²) in [5, 5.41) is 19.1. The lowest BCUT2D eigenvalue weighted by Crippen LogP contribution is -2.25. The van der Waals surface area contributed by atoms with Gasteiger partial charge in [-0.15, -0.1) is 0 Å². The number of anilines is 1. The third-order valence-electron chi connectivity index (χ3n) is 1.93. The molecule has 0 radical (unpaired) electrons. The van der Waals surface area contributed by atoms with Gasteiger partial charge in [-0.05, 0) is 28.7 Å². The van der Waals surface area contributed by atoms with Crippen molar-refractivity contribution in [2.75, 3.05) is 18.5 Å². The summed E-state index contributed by atoms with van der Waals surface area (Å²) in [6.07, 6.45) is 0. The lowest BCUT2D eigenvalue weighted by molar-refractivity contribution is -0.384. The van der Waals surface area contributed by atoms with E-state index >= 15 is 0 Å². The molecule has 0 saturated heterocycles. The Bertz CT molecular complexity index is 436. The second-order valence-electron chi connectivity index (χ2n) is 3.14. The average molecular weight is 336 g/mol. The molecule has 0 saturated carbocycles. The summed E-state index contributed by atoms with van der Waals surface area (Å²) in [5.74, 6) is -0.948. The van der Waals surface area contributed by atoms with E-state index in [1.165, 1.54) is 17.0 Å². The van der Waals surface area contributed by atoms with E-state index in [0.717, 1.165) is 0 Å². The van der Waals surface area contributed by atoms with Gasteiger partial charge < -0.3 is 10.0 Å². The van der Waals surface area contributed by atoms with Gasteiger partial charge in [0.1, 0.15) is 6.54 Å². The molecule has 0 fully saturated rings. The number of carboxylic acids is 1. The van der Waals surface area contributed by atoms with E-state index in [4.69, 9.17) is 5.11 Å². The largest absolute Gasteiger partial charge is 0.480 e. The van der Waals surface area contributed by atoms with Crippen LogP contribution in [-0.2, 0) is 4.79 Å². The van der Waals surface area contributed by atoms with Crippen molar-refractivity contribution in [2.24, 2.45) is 0 Å². The third-order valence-corrected chi connectivity index (χ3v) is 2.79. The highest BCUT2D eigenvalue weighted by Crippen LogP contribution is 2.25. The highest BCUT2D eigenvalue weighted by atomic mass is 127. The first-order chi connectivity index (χ1) is 7.41. The Labute approximate surface area is 105 Å². The van der Waals surface area contributed by atoms with Gasteiger partial charge in [-0.3, -0.25) is 14.9 Å². The summed E-state index contributed by atoms with van der Waals surface area (Å²) >= 11 is 1.94. The van der Waals surface area contributed by atoms with Gasteiger partial charge in [-0.2, -0.15) is 0 Å². The second-order valence-corrected chi connectivity index (χ2v) is 4.30. The predicted octanol–water partition coefficient (Wildman–Crippen LogP) is 1.72. The zero-order chi connectivity index (χ0) is 12.3. The van der Waals surface area contributed by atoms with Crippen molar-refractivity contribution in [3.05, 3.63) is 31.9 Å². The molecule has 0 aliphatic rings. The molecule has 6 nitrogen and oxygen atoms in total. The highest BCUT2D eigenvalue weighted by molar-refractivity contribution is 14.1. The van der Waals surface area contributed by atoms with Crippen molar-refractivity contribution >= 4 is 39.9 Å². The van der Waals surface area contributed by atoms with E-state index in [1.807, 2.05) is 22.6 Å². The number of likely N-dealkylation sites (N-methyl/N-ethyl adjacent to an activating group) is 1. The fourth-order valence-corrected chi connectivity index (χ4v) is 2.12. The van der Waals surface area contributed by atoms with Gasteiger partial charge in [0.25, 0.3) is 5.69 Å². The maximum atomic E-state index is 10.5. The van der Waals surface area contributed by atoms with Gasteiger partial charge in [-0.25, -0.2) is 0 Å². The van der Waals surface area contributed by atoms with E-state index in [2.05, 4.69) is 0 Å². The van der Waals surface area contributed by atoms with Gasteiger partial charge in [-0.1, -0.05) is 0 Å². The molecule has 7 heteroatoms. The van der Waals surface area contributed by atoms with Gasteiger partial charge >= 0.3 is 5.97 Å². The Balaban J connectivity index is 2.98. The molecule has 1 rings (SSSR count). The van der Waals surface area contributed by atoms with E-state index in [0.29, 0.717) is 9.26 Å². The van der Waals surface area contributed by atoms with Crippen molar-refractivity contribution in [3.8, 4) is 0 Å². The van der Waals surface area contributed by atoms with Gasteiger partial charge in [0.15, 0.2) is 0 Å². The fraction of sp³-hybridized carbons (Fsp3) is 0.222. The molecule has 0 spiro atoms. The Morgan fingerprint density at radius 3 is 2.69 bits per heavy atom. The molecule has 0 heterocycles. The monoisotopic (exact) mass is 336 g/mol. The molecule has 1 N–H and O–H groups in total. The van der Waals surface area contributed by atoms with Crippen molar-refractivity contribution in [2.45, 2.75) is 0 Å². The lowest BCUT2D eigenvalue weighted by Gasteiger charge is -2.17. The standard InChI is InChI=1S/C9H9IN2O4/c1-11(5-9(13)14)8-3-2-6(12(15)16)4-7(8)10/h2-4H,5H2,1H3,(H,13,14). The zero-order valence-electron chi connectivity index (χ0n) is 8.38. The molecule has 0 aliphatic heterocycles. The predicted molar refractivity (Wildman–Crippen MR) is 66.7 cm³/mol. The number of nitro benzene ring substituents is 1. The smallest absolute Gasteiger partial charge is 0.323 e. The number of aliphatic carboxylic acids is 1. The number of nitro groups is 1. The minimum absolute atomic E-state index is 0.00289. The molecule has 16 heavy (non-hydrogen) atoms. The van der Waals surface area contributed by atoms with Crippen LogP contribution in [0, 0.1) is 13.7 Å². The normalized spacial score (nSPS) is 9.88. The zero-order valence-corrected chi connectivity index (χ0v) is 10.5. The van der Waals surface area contributed by atoms with Crippen LogP contribution < -0.4 is 4.90 Å². The van der Waals surface area contributed by atoms with Gasteiger partial charge in [0.2, 0.25) is 0 Å². The minimum atomic E-state index is -0.948. The van der Waals surface area contributed by atoms with E-state index in [9.17, 15) is 14.9 Å². The SMILES string of the molecule is CN(CC(=O)O)c1ccc([N+](=O)[O-])cc1I. The number of non-ortho nitro benzene ring substituents is 1. The Kier molecular flexibility index (Phi) is 4.05. The van der Waals surface area contributed by atoms with Crippen LogP contribution in [0.3, 0.4) is 0 Å². The first-order valence-electron chi connectivity index (χ1n) is 4.28. The number of rotatable bonds is 4. The average Bonchev–Trinajstić information content (AvgIpc) is 2.15. The molecule has 0 aromatic heterocycles. The van der Waals surface area contributed by atoms with Crippen molar-refractivity contribution in [1.82, 2.24) is 0 Å². The summed E-state index contributed by atoms with van der Waals surface area (Å²) in [7, 11) is 1.62. The number of hydrogen-bond acceptors (Lipinski definition) is 4. The lowest BCUT2D eigenvalue weighted by atomic mass is 10.2. The fourth-order valence-electron chi connectivity index (χ4n) is 1.21. The van der Waals surface area contributed by atoms with Crippen LogP contribution in [0.15, 0.2) is 18.2 Å². The molecular formula is C9H9IN2O4. The summed E-state index contributed by atoms with van der Waals surface area (Å²) in [4.78, 5) is 22.1. The maximum Gasteiger partial charge on any atom is 0.323 e. The number of halogens is 1. The summed E-state index contributed by atoms with van der Waals surface area (Å²) in [5.41, 5.74) is 0.658. The second kappa shape index (κ2) is 5.10. The molecule has 0 unspecified atom stereocenters. The Morgan fingerprint density at radius 2 is 2.25 bits per heavy atom. The van der Waals surface area contributed by atoms with Gasteiger partial charge in [0.05, 0.1) is 10.6 Å². The highest BCUT2D eigenvalue weighted by Gasteiger charge is 2.13. The van der Waals surface area contributed by atoms with E-state index in [-0.39, 0.29) is 12.2 Å². The first-order valence-corrected chi connectivity index (χ1v) is 5.36. The molecule has 1 aromatic carbocycles. The molecule has 0 atom stereocenters. The van der Waals surface area contributed by atoms with Crippen LogP contribution in [0.25, 0.3) is 0 Å². The molecule has 0 amide bonds. The Morgan fingerprint density at radius 1 is 1.62 bits per heavy atom. The number of hydrogen-bond donors (Lipinski definition) is 1. The number of carbonyl (C=O) groups is 1. The van der Waals surface area contributed by atoms with Crippen molar-refractivity contribution < 1.29 is 14.8 Å². The number of carboxylic acid groups (broad SMARTS) is 1. The van der Waals surface area contributed by atoms with Crippen LogP contribution in [0.1, 0.15) is 0 Å². The molecule has 86 valence electrons. The van der Waals surface area contributed by atoms with E-state index in [1.54, 1.807) is 13.1 Å². The van der Waals surface area contributed by atoms with Crippen LogP contribution in [0.4, 0.5) is 11.4 Å². The number of benzene rings is 1. The molecule has 1 aromatic rings. The van der Waals surface area contributed by atoms with Crippen LogP contribution in [-0.4, -0.2) is 29.6 Å². The molecule has 0 bridgehead atoms. The number of nitrogens with zero attached hydrogens (tertiary/aromatic N) is 2. The van der Waals surface area contributed by atoms with Crippen molar-refractivity contribution in [3.63, 3.8) is 0 Å². The summed E-state index contributed by atoms with van der Waals surface area (Å²) in [6, 6.07) is 4.31. The topological polar surface area (TPSA) is 83.7 Å². The van der Waals surface area contributed by atoms with Crippen molar-refractivity contribution in [1.29, 1.82) is 0 Å².